The minimum absolute atomic E-state index is 0.0403. The predicted molar refractivity (Wildman–Crippen MR) is 75.5 cm³/mol. The van der Waals surface area contributed by atoms with Crippen LogP contribution in [0.1, 0.15) is 36.8 Å². The van der Waals surface area contributed by atoms with E-state index in [0.717, 1.165) is 18.5 Å². The zero-order valence-corrected chi connectivity index (χ0v) is 12.7. The molecule has 1 aromatic rings. The van der Waals surface area contributed by atoms with Gasteiger partial charge in [0.1, 0.15) is 0 Å². The van der Waals surface area contributed by atoms with Gasteiger partial charge in [0, 0.05) is 18.7 Å². The molecule has 0 bridgehead atoms. The van der Waals surface area contributed by atoms with E-state index in [9.17, 15) is 13.2 Å². The van der Waals surface area contributed by atoms with E-state index in [2.05, 4.69) is 10.5 Å². The first kappa shape index (κ1) is 14.4. The number of aromatic nitrogens is 1. The van der Waals surface area contributed by atoms with Crippen molar-refractivity contribution in [1.29, 1.82) is 0 Å². The normalized spacial score (nSPS) is 28.0. The highest BCUT2D eigenvalue weighted by atomic mass is 32.2. The molecular formula is C13H19N3O4S. The van der Waals surface area contributed by atoms with Crippen molar-refractivity contribution in [3.63, 3.8) is 0 Å². The largest absolute Gasteiger partial charge is 0.359 e. The third-order valence-corrected chi connectivity index (χ3v) is 5.82. The SMILES string of the molecule is Cc1cc(C2CCCN2C(=O)NC2CCS(=O)(=O)C2)on1. The average Bonchev–Trinajstić information content (AvgIpc) is 3.09. The van der Waals surface area contributed by atoms with Gasteiger partial charge >= 0.3 is 6.03 Å². The molecule has 1 aromatic heterocycles. The van der Waals surface area contributed by atoms with Crippen molar-refractivity contribution in [2.75, 3.05) is 18.1 Å². The zero-order chi connectivity index (χ0) is 15.0. The summed E-state index contributed by atoms with van der Waals surface area (Å²) in [6.07, 6.45) is 2.24. The first-order valence-corrected chi connectivity index (χ1v) is 8.97. The van der Waals surface area contributed by atoms with Crippen LogP contribution >= 0.6 is 0 Å². The summed E-state index contributed by atoms with van der Waals surface area (Å²) in [7, 11) is -2.99. The maximum Gasteiger partial charge on any atom is 0.318 e. The average molecular weight is 313 g/mol. The molecule has 0 aliphatic carbocycles. The number of carbonyl (C=O) groups excluding carboxylic acids is 1. The molecule has 2 saturated heterocycles. The Kier molecular flexibility index (Phi) is 3.64. The highest BCUT2D eigenvalue weighted by Crippen LogP contribution is 2.32. The maximum atomic E-state index is 12.4. The number of sulfone groups is 1. The fourth-order valence-electron chi connectivity index (χ4n) is 3.01. The standard InChI is InChI=1S/C13H19N3O4S/c1-9-7-12(20-15-9)11-3-2-5-16(11)13(17)14-10-4-6-21(18,19)8-10/h7,10-11H,2-6,8H2,1H3,(H,14,17). The Bertz CT molecular complexity index is 640. The van der Waals surface area contributed by atoms with Gasteiger partial charge in [0.05, 0.1) is 23.2 Å². The van der Waals surface area contributed by atoms with Crippen LogP contribution < -0.4 is 5.32 Å². The summed E-state index contributed by atoms with van der Waals surface area (Å²) in [5, 5.41) is 6.69. The van der Waals surface area contributed by atoms with Crippen molar-refractivity contribution in [3.05, 3.63) is 17.5 Å². The number of hydrogen-bond donors (Lipinski definition) is 1. The van der Waals surface area contributed by atoms with E-state index in [1.54, 1.807) is 4.90 Å². The molecule has 2 aliphatic rings. The van der Waals surface area contributed by atoms with Gasteiger partial charge in [-0.05, 0) is 26.2 Å². The van der Waals surface area contributed by atoms with Crippen LogP contribution in [0.4, 0.5) is 4.79 Å². The Balaban J connectivity index is 1.66. The third-order valence-electron chi connectivity index (χ3n) is 4.05. The Labute approximate surface area is 123 Å². The summed E-state index contributed by atoms with van der Waals surface area (Å²) in [6, 6.07) is 1.24. The molecule has 116 valence electrons. The monoisotopic (exact) mass is 313 g/mol. The second kappa shape index (κ2) is 5.32. The van der Waals surface area contributed by atoms with Crippen LogP contribution in [0, 0.1) is 6.92 Å². The van der Waals surface area contributed by atoms with E-state index in [1.165, 1.54) is 0 Å². The summed E-state index contributed by atoms with van der Waals surface area (Å²) in [5.41, 5.74) is 0.791. The van der Waals surface area contributed by atoms with Crippen molar-refractivity contribution in [2.24, 2.45) is 0 Å². The zero-order valence-electron chi connectivity index (χ0n) is 11.9. The molecule has 7 nitrogen and oxygen atoms in total. The molecule has 0 radical (unpaired) electrons. The van der Waals surface area contributed by atoms with Gasteiger partial charge in [-0.2, -0.15) is 0 Å². The molecule has 0 spiro atoms. The van der Waals surface area contributed by atoms with Gasteiger partial charge in [0.2, 0.25) is 0 Å². The van der Waals surface area contributed by atoms with Gasteiger partial charge in [-0.3, -0.25) is 0 Å². The number of nitrogens with one attached hydrogen (secondary N) is 1. The Morgan fingerprint density at radius 3 is 2.90 bits per heavy atom. The number of amides is 2. The van der Waals surface area contributed by atoms with Crippen LogP contribution in [0.2, 0.25) is 0 Å². The van der Waals surface area contributed by atoms with Gasteiger partial charge in [-0.25, -0.2) is 13.2 Å². The van der Waals surface area contributed by atoms with Crippen LogP contribution in [-0.4, -0.2) is 48.6 Å². The summed E-state index contributed by atoms with van der Waals surface area (Å²) in [4.78, 5) is 14.1. The highest BCUT2D eigenvalue weighted by molar-refractivity contribution is 7.91. The van der Waals surface area contributed by atoms with Crippen molar-refractivity contribution in [1.82, 2.24) is 15.4 Å². The number of aryl methyl sites for hydroxylation is 1. The van der Waals surface area contributed by atoms with E-state index >= 15 is 0 Å². The lowest BCUT2D eigenvalue weighted by Crippen LogP contribution is -2.44. The topological polar surface area (TPSA) is 92.5 Å². The molecule has 21 heavy (non-hydrogen) atoms. The van der Waals surface area contributed by atoms with Crippen molar-refractivity contribution in [3.8, 4) is 0 Å². The molecule has 2 amide bonds. The lowest BCUT2D eigenvalue weighted by molar-refractivity contribution is 0.179. The molecular weight excluding hydrogens is 294 g/mol. The summed E-state index contributed by atoms with van der Waals surface area (Å²) < 4.78 is 28.2. The number of hydrogen-bond acceptors (Lipinski definition) is 5. The molecule has 3 heterocycles. The third kappa shape index (κ3) is 3.04. The molecule has 8 heteroatoms. The van der Waals surface area contributed by atoms with Crippen LogP contribution in [-0.2, 0) is 9.84 Å². The second-order valence-corrected chi connectivity index (χ2v) is 8.00. The first-order valence-electron chi connectivity index (χ1n) is 7.15. The van der Waals surface area contributed by atoms with E-state index in [4.69, 9.17) is 4.52 Å². The van der Waals surface area contributed by atoms with Crippen LogP contribution in [0.15, 0.2) is 10.6 Å². The van der Waals surface area contributed by atoms with E-state index < -0.39 is 9.84 Å². The Morgan fingerprint density at radius 1 is 1.48 bits per heavy atom. The molecule has 2 unspecified atom stereocenters. The van der Waals surface area contributed by atoms with E-state index in [0.29, 0.717) is 18.7 Å². The summed E-state index contributed by atoms with van der Waals surface area (Å²) in [6.45, 7) is 2.49. The predicted octanol–water partition coefficient (Wildman–Crippen LogP) is 1.02. The smallest absolute Gasteiger partial charge is 0.318 e. The minimum atomic E-state index is -2.99. The van der Waals surface area contributed by atoms with Gasteiger partial charge in [0.15, 0.2) is 15.6 Å². The molecule has 0 saturated carbocycles. The number of rotatable bonds is 2. The van der Waals surface area contributed by atoms with Crippen LogP contribution in [0.3, 0.4) is 0 Å². The summed E-state index contributed by atoms with van der Waals surface area (Å²) >= 11 is 0. The number of carbonyl (C=O) groups is 1. The summed E-state index contributed by atoms with van der Waals surface area (Å²) in [5.74, 6) is 0.889. The van der Waals surface area contributed by atoms with Gasteiger partial charge in [-0.1, -0.05) is 5.16 Å². The van der Waals surface area contributed by atoms with Gasteiger partial charge in [0.25, 0.3) is 0 Å². The van der Waals surface area contributed by atoms with E-state index in [-0.39, 0.29) is 29.6 Å². The molecule has 0 aromatic carbocycles. The van der Waals surface area contributed by atoms with Gasteiger partial charge in [-0.15, -0.1) is 0 Å². The first-order chi connectivity index (χ1) is 9.94. The van der Waals surface area contributed by atoms with Crippen molar-refractivity contribution in [2.45, 2.75) is 38.3 Å². The Morgan fingerprint density at radius 2 is 2.29 bits per heavy atom. The fourth-order valence-corrected chi connectivity index (χ4v) is 4.69. The lowest BCUT2D eigenvalue weighted by atomic mass is 10.1. The minimum Gasteiger partial charge on any atom is -0.359 e. The second-order valence-electron chi connectivity index (χ2n) is 5.77. The van der Waals surface area contributed by atoms with Crippen LogP contribution in [0.5, 0.6) is 0 Å². The molecule has 3 rings (SSSR count). The van der Waals surface area contributed by atoms with Crippen LogP contribution in [0.25, 0.3) is 0 Å². The molecule has 2 atom stereocenters. The highest BCUT2D eigenvalue weighted by Gasteiger charge is 2.35. The van der Waals surface area contributed by atoms with Gasteiger partial charge < -0.3 is 14.7 Å². The molecule has 1 N–H and O–H groups in total. The quantitative estimate of drug-likeness (QED) is 0.880. The maximum absolute atomic E-state index is 12.4. The number of nitrogens with zero attached hydrogens (tertiary/aromatic N) is 2. The van der Waals surface area contributed by atoms with Crippen molar-refractivity contribution < 1.29 is 17.7 Å². The lowest BCUT2D eigenvalue weighted by Gasteiger charge is -2.24. The fraction of sp³-hybridized carbons (Fsp3) is 0.692. The Hall–Kier alpha value is -1.57. The van der Waals surface area contributed by atoms with Crippen molar-refractivity contribution >= 4 is 15.9 Å². The van der Waals surface area contributed by atoms with E-state index in [1.807, 2.05) is 13.0 Å². The number of urea groups is 1. The molecule has 2 aliphatic heterocycles. The number of likely N-dealkylation sites (tertiary alicyclic amines) is 1. The molecule has 2 fully saturated rings.